The molecule has 1 amide bonds. The van der Waals surface area contributed by atoms with Crippen LogP contribution in [0.15, 0.2) is 18.2 Å². The highest BCUT2D eigenvalue weighted by molar-refractivity contribution is 5.84. The van der Waals surface area contributed by atoms with E-state index in [2.05, 4.69) is 5.32 Å². The van der Waals surface area contributed by atoms with Gasteiger partial charge in [0.2, 0.25) is 5.91 Å². The largest absolute Gasteiger partial charge is 0.493 e. The molecule has 1 saturated carbocycles. The Balaban J connectivity index is 1.76. The first kappa shape index (κ1) is 15.4. The van der Waals surface area contributed by atoms with Crippen LogP contribution in [0.4, 0.5) is 0 Å². The molecule has 114 valence electrons. The van der Waals surface area contributed by atoms with Gasteiger partial charge in [-0.05, 0) is 55.9 Å². The second-order valence-corrected chi connectivity index (χ2v) is 5.57. The Morgan fingerprint density at radius 3 is 2.62 bits per heavy atom. The van der Waals surface area contributed by atoms with E-state index in [0.717, 1.165) is 24.2 Å². The Morgan fingerprint density at radius 2 is 2.05 bits per heavy atom. The number of carbonyl (C=O) groups is 2. The van der Waals surface area contributed by atoms with Crippen molar-refractivity contribution in [3.8, 4) is 5.75 Å². The van der Waals surface area contributed by atoms with Crippen LogP contribution in [0.3, 0.4) is 0 Å². The zero-order chi connectivity index (χ0) is 15.4. The Labute approximate surface area is 124 Å². The van der Waals surface area contributed by atoms with E-state index in [1.807, 2.05) is 32.0 Å². The van der Waals surface area contributed by atoms with Crippen LogP contribution >= 0.6 is 0 Å². The second kappa shape index (κ2) is 6.61. The zero-order valence-corrected chi connectivity index (χ0v) is 12.4. The van der Waals surface area contributed by atoms with Gasteiger partial charge < -0.3 is 15.2 Å². The van der Waals surface area contributed by atoms with Crippen molar-refractivity contribution in [2.75, 3.05) is 6.61 Å². The lowest BCUT2D eigenvalue weighted by Gasteiger charge is -2.14. The molecule has 1 aliphatic rings. The SMILES string of the molecule is Cc1ccc(OCCC(=O)NC(C(=O)O)C2CC2)cc1C. The molecule has 0 heterocycles. The summed E-state index contributed by atoms with van der Waals surface area (Å²) in [6.07, 6.45) is 1.90. The van der Waals surface area contributed by atoms with Gasteiger partial charge in [0, 0.05) is 0 Å². The molecule has 0 aliphatic heterocycles. The molecule has 0 aromatic heterocycles. The first-order valence-corrected chi connectivity index (χ1v) is 7.19. The lowest BCUT2D eigenvalue weighted by Crippen LogP contribution is -2.42. The molecule has 0 spiro atoms. The summed E-state index contributed by atoms with van der Waals surface area (Å²) in [5.41, 5.74) is 2.32. The molecule has 1 aromatic rings. The van der Waals surface area contributed by atoms with Crippen LogP contribution in [-0.2, 0) is 9.59 Å². The summed E-state index contributed by atoms with van der Waals surface area (Å²) < 4.78 is 5.52. The van der Waals surface area contributed by atoms with Crippen molar-refractivity contribution in [2.24, 2.45) is 5.92 Å². The van der Waals surface area contributed by atoms with E-state index >= 15 is 0 Å². The number of aliphatic carboxylic acids is 1. The summed E-state index contributed by atoms with van der Waals surface area (Å²) in [7, 11) is 0. The van der Waals surface area contributed by atoms with Crippen molar-refractivity contribution in [1.82, 2.24) is 5.32 Å². The summed E-state index contributed by atoms with van der Waals surface area (Å²) in [5.74, 6) is -0.422. The number of hydrogen-bond donors (Lipinski definition) is 2. The van der Waals surface area contributed by atoms with E-state index < -0.39 is 12.0 Å². The lowest BCUT2D eigenvalue weighted by molar-refractivity contribution is -0.142. The van der Waals surface area contributed by atoms with Gasteiger partial charge in [0.05, 0.1) is 13.0 Å². The summed E-state index contributed by atoms with van der Waals surface area (Å²) in [6.45, 7) is 4.27. The van der Waals surface area contributed by atoms with Gasteiger partial charge in [0.1, 0.15) is 11.8 Å². The van der Waals surface area contributed by atoms with Crippen LogP contribution < -0.4 is 10.1 Å². The average Bonchev–Trinajstić information content (AvgIpc) is 3.24. The van der Waals surface area contributed by atoms with E-state index in [0.29, 0.717) is 0 Å². The van der Waals surface area contributed by atoms with E-state index in [1.165, 1.54) is 5.56 Å². The van der Waals surface area contributed by atoms with Crippen LogP contribution in [0.2, 0.25) is 0 Å². The molecule has 2 N–H and O–H groups in total. The molecule has 1 atom stereocenters. The lowest BCUT2D eigenvalue weighted by atomic mass is 10.1. The third kappa shape index (κ3) is 4.48. The molecule has 0 saturated heterocycles. The fraction of sp³-hybridized carbons (Fsp3) is 0.500. The molecular formula is C16H21NO4. The van der Waals surface area contributed by atoms with Gasteiger partial charge in [-0.15, -0.1) is 0 Å². The standard InChI is InChI=1S/C16H21NO4/c1-10-3-6-13(9-11(10)2)21-8-7-14(18)17-15(16(19)20)12-4-5-12/h3,6,9,12,15H,4-5,7-8H2,1-2H3,(H,17,18)(H,19,20). The molecule has 1 aliphatic carbocycles. The maximum atomic E-state index is 11.7. The minimum atomic E-state index is -0.957. The highest BCUT2D eigenvalue weighted by Crippen LogP contribution is 2.32. The van der Waals surface area contributed by atoms with Crippen LogP contribution in [0, 0.1) is 19.8 Å². The van der Waals surface area contributed by atoms with E-state index in [1.54, 1.807) is 0 Å². The number of carboxylic acids is 1. The Kier molecular flexibility index (Phi) is 4.83. The first-order valence-electron chi connectivity index (χ1n) is 7.19. The number of ether oxygens (including phenoxy) is 1. The van der Waals surface area contributed by atoms with E-state index in [-0.39, 0.29) is 24.9 Å². The fourth-order valence-electron chi connectivity index (χ4n) is 2.12. The predicted octanol–water partition coefficient (Wildman–Crippen LogP) is 2.05. The minimum absolute atomic E-state index is 0.0899. The van der Waals surface area contributed by atoms with Crippen molar-refractivity contribution < 1.29 is 19.4 Å². The van der Waals surface area contributed by atoms with Gasteiger partial charge in [-0.25, -0.2) is 4.79 Å². The Hall–Kier alpha value is -2.04. The molecule has 1 unspecified atom stereocenters. The summed E-state index contributed by atoms with van der Waals surface area (Å²) in [4.78, 5) is 22.8. The summed E-state index contributed by atoms with van der Waals surface area (Å²) >= 11 is 0. The monoisotopic (exact) mass is 291 g/mol. The molecule has 0 bridgehead atoms. The number of benzene rings is 1. The third-order valence-corrected chi connectivity index (χ3v) is 3.75. The highest BCUT2D eigenvalue weighted by Gasteiger charge is 2.37. The van der Waals surface area contributed by atoms with Crippen molar-refractivity contribution in [3.63, 3.8) is 0 Å². The molecule has 1 aromatic carbocycles. The summed E-state index contributed by atoms with van der Waals surface area (Å²) in [5, 5.41) is 11.6. The second-order valence-electron chi connectivity index (χ2n) is 5.57. The minimum Gasteiger partial charge on any atom is -0.493 e. The first-order chi connectivity index (χ1) is 9.97. The smallest absolute Gasteiger partial charge is 0.326 e. The fourth-order valence-corrected chi connectivity index (χ4v) is 2.12. The Morgan fingerprint density at radius 1 is 1.33 bits per heavy atom. The molecular weight excluding hydrogens is 270 g/mol. The van der Waals surface area contributed by atoms with Crippen LogP contribution in [-0.4, -0.2) is 29.6 Å². The molecule has 5 heteroatoms. The van der Waals surface area contributed by atoms with Crippen molar-refractivity contribution in [3.05, 3.63) is 29.3 Å². The molecule has 21 heavy (non-hydrogen) atoms. The van der Waals surface area contributed by atoms with Gasteiger partial charge in [0.15, 0.2) is 0 Å². The summed E-state index contributed by atoms with van der Waals surface area (Å²) in [6, 6.07) is 5.01. The zero-order valence-electron chi connectivity index (χ0n) is 12.4. The number of hydrogen-bond acceptors (Lipinski definition) is 3. The highest BCUT2D eigenvalue weighted by atomic mass is 16.5. The van der Waals surface area contributed by atoms with E-state index in [4.69, 9.17) is 9.84 Å². The maximum Gasteiger partial charge on any atom is 0.326 e. The van der Waals surface area contributed by atoms with Crippen LogP contribution in [0.1, 0.15) is 30.4 Å². The normalized spacial score (nSPS) is 15.3. The number of aryl methyl sites for hydroxylation is 2. The molecule has 5 nitrogen and oxygen atoms in total. The van der Waals surface area contributed by atoms with Crippen LogP contribution in [0.25, 0.3) is 0 Å². The number of nitrogens with one attached hydrogen (secondary N) is 1. The maximum absolute atomic E-state index is 11.7. The van der Waals surface area contributed by atoms with Crippen molar-refractivity contribution in [1.29, 1.82) is 0 Å². The third-order valence-electron chi connectivity index (χ3n) is 3.75. The van der Waals surface area contributed by atoms with Gasteiger partial charge in [-0.1, -0.05) is 6.07 Å². The van der Waals surface area contributed by atoms with Gasteiger partial charge in [-0.3, -0.25) is 4.79 Å². The van der Waals surface area contributed by atoms with Crippen molar-refractivity contribution in [2.45, 2.75) is 39.2 Å². The van der Waals surface area contributed by atoms with Gasteiger partial charge in [0.25, 0.3) is 0 Å². The quantitative estimate of drug-likeness (QED) is 0.806. The average molecular weight is 291 g/mol. The number of rotatable bonds is 7. The van der Waals surface area contributed by atoms with Gasteiger partial charge in [-0.2, -0.15) is 0 Å². The molecule has 1 fully saturated rings. The Bertz CT molecular complexity index is 537. The van der Waals surface area contributed by atoms with Crippen molar-refractivity contribution >= 4 is 11.9 Å². The topological polar surface area (TPSA) is 75.6 Å². The number of carbonyl (C=O) groups excluding carboxylic acids is 1. The number of carboxylic acid groups (broad SMARTS) is 1. The predicted molar refractivity (Wildman–Crippen MR) is 78.3 cm³/mol. The van der Waals surface area contributed by atoms with Crippen LogP contribution in [0.5, 0.6) is 5.75 Å². The number of amides is 1. The molecule has 0 radical (unpaired) electrons. The molecule has 2 rings (SSSR count). The van der Waals surface area contributed by atoms with Gasteiger partial charge >= 0.3 is 5.97 Å². The van der Waals surface area contributed by atoms with E-state index in [9.17, 15) is 9.59 Å².